The van der Waals surface area contributed by atoms with Crippen LogP contribution in [0.3, 0.4) is 0 Å². The van der Waals surface area contributed by atoms with Crippen molar-refractivity contribution >= 4 is 34.6 Å². The minimum absolute atomic E-state index is 0.00643. The van der Waals surface area contributed by atoms with Crippen LogP contribution in [0.2, 0.25) is 0 Å². The third-order valence-corrected chi connectivity index (χ3v) is 6.76. The van der Waals surface area contributed by atoms with Crippen molar-refractivity contribution in [1.29, 1.82) is 0 Å². The van der Waals surface area contributed by atoms with Crippen LogP contribution < -0.4 is 15.5 Å². The van der Waals surface area contributed by atoms with Crippen molar-refractivity contribution < 1.29 is 9.21 Å². The first kappa shape index (κ1) is 23.8. The fourth-order valence-corrected chi connectivity index (χ4v) is 4.90. The van der Waals surface area contributed by atoms with Gasteiger partial charge in [0.15, 0.2) is 5.11 Å². The molecule has 1 aliphatic heterocycles. The monoisotopic (exact) mass is 499 g/mol. The molecule has 1 fully saturated rings. The number of nitrogens with zero attached hydrogens (tertiary/aromatic N) is 3. The van der Waals surface area contributed by atoms with Gasteiger partial charge in [-0.2, -0.15) is 0 Å². The Morgan fingerprint density at radius 3 is 2.72 bits per heavy atom. The second-order valence-corrected chi connectivity index (χ2v) is 9.67. The van der Waals surface area contributed by atoms with E-state index < -0.39 is 0 Å². The summed E-state index contributed by atoms with van der Waals surface area (Å²) in [5.74, 6) is 0.779. The molecular formula is C28H29N5O2S. The number of pyridine rings is 1. The van der Waals surface area contributed by atoms with Crippen LogP contribution in [0, 0.1) is 12.8 Å². The van der Waals surface area contributed by atoms with Crippen molar-refractivity contribution in [3.63, 3.8) is 0 Å². The predicted octanol–water partition coefficient (Wildman–Crippen LogP) is 5.60. The van der Waals surface area contributed by atoms with Gasteiger partial charge in [0, 0.05) is 35.4 Å². The van der Waals surface area contributed by atoms with Crippen LogP contribution in [0.5, 0.6) is 0 Å². The molecule has 0 bridgehead atoms. The standard InChI is InChI=1S/C28H29N5O2S/c1-18(2)27(34)30-22-12-11-20(16-19(22)3)33-26(25(31-28(33)36)23-9-4-5-13-29-23)24-10-6-14-32(24)17-21-8-7-15-35-21/h4-16,18,25-26H,17H2,1-3H3,(H,30,34)(H,31,36)/t25-,26+/m0/s1. The van der Waals surface area contributed by atoms with Crippen LogP contribution in [0.25, 0.3) is 0 Å². The topological polar surface area (TPSA) is 75.3 Å². The fourth-order valence-electron chi connectivity index (χ4n) is 4.56. The van der Waals surface area contributed by atoms with Gasteiger partial charge in [0.25, 0.3) is 0 Å². The second-order valence-electron chi connectivity index (χ2n) is 9.28. The number of nitrogens with one attached hydrogen (secondary N) is 2. The fraction of sp³-hybridized carbons (Fsp3) is 0.250. The molecular weight excluding hydrogens is 470 g/mol. The summed E-state index contributed by atoms with van der Waals surface area (Å²) in [6.07, 6.45) is 5.55. The third kappa shape index (κ3) is 4.64. The molecule has 1 aromatic carbocycles. The summed E-state index contributed by atoms with van der Waals surface area (Å²) in [5, 5.41) is 7.15. The number of thiocarbonyl (C=S) groups is 1. The highest BCUT2D eigenvalue weighted by Gasteiger charge is 2.42. The van der Waals surface area contributed by atoms with Crippen molar-refractivity contribution in [1.82, 2.24) is 14.9 Å². The highest BCUT2D eigenvalue weighted by Crippen LogP contribution is 2.42. The number of rotatable bonds is 7. The van der Waals surface area contributed by atoms with E-state index >= 15 is 0 Å². The molecule has 36 heavy (non-hydrogen) atoms. The van der Waals surface area contributed by atoms with Crippen molar-refractivity contribution in [2.24, 2.45) is 5.92 Å². The molecule has 1 aliphatic rings. The number of carbonyl (C=O) groups excluding carboxylic acids is 1. The zero-order valence-electron chi connectivity index (χ0n) is 20.5. The largest absolute Gasteiger partial charge is 0.467 e. The minimum Gasteiger partial charge on any atom is -0.467 e. The number of aryl methyl sites for hydroxylation is 1. The summed E-state index contributed by atoms with van der Waals surface area (Å²) >= 11 is 5.88. The summed E-state index contributed by atoms with van der Waals surface area (Å²) in [6.45, 7) is 6.37. The van der Waals surface area contributed by atoms with E-state index in [2.05, 4.69) is 43.4 Å². The molecule has 2 N–H and O–H groups in total. The Morgan fingerprint density at radius 2 is 2.03 bits per heavy atom. The molecule has 0 aliphatic carbocycles. The maximum absolute atomic E-state index is 12.3. The molecule has 4 heterocycles. The summed E-state index contributed by atoms with van der Waals surface area (Å²) in [7, 11) is 0. The number of aromatic nitrogens is 2. The van der Waals surface area contributed by atoms with Crippen molar-refractivity contribution in [3.05, 3.63) is 102 Å². The van der Waals surface area contributed by atoms with E-state index in [1.54, 1.807) is 12.5 Å². The van der Waals surface area contributed by atoms with E-state index in [1.807, 2.05) is 69.3 Å². The molecule has 4 aromatic rings. The number of benzene rings is 1. The molecule has 2 atom stereocenters. The average molecular weight is 500 g/mol. The number of anilines is 2. The molecule has 184 valence electrons. The maximum atomic E-state index is 12.3. The molecule has 5 rings (SSSR count). The lowest BCUT2D eigenvalue weighted by Gasteiger charge is -2.29. The van der Waals surface area contributed by atoms with Gasteiger partial charge in [0.05, 0.1) is 24.5 Å². The minimum atomic E-state index is -0.149. The third-order valence-electron chi connectivity index (χ3n) is 6.44. The van der Waals surface area contributed by atoms with Gasteiger partial charge in [-0.05, 0) is 79.3 Å². The quantitative estimate of drug-likeness (QED) is 0.322. The van der Waals surface area contributed by atoms with E-state index in [-0.39, 0.29) is 23.9 Å². The number of amides is 1. The van der Waals surface area contributed by atoms with Gasteiger partial charge >= 0.3 is 0 Å². The van der Waals surface area contributed by atoms with Crippen LogP contribution in [0.15, 0.2) is 83.7 Å². The number of furan rings is 1. The summed E-state index contributed by atoms with van der Waals surface area (Å²) in [5.41, 5.74) is 4.71. The first-order valence-corrected chi connectivity index (χ1v) is 12.4. The van der Waals surface area contributed by atoms with Gasteiger partial charge in [-0.1, -0.05) is 19.9 Å². The Bertz CT molecular complexity index is 1360. The zero-order chi connectivity index (χ0) is 25.2. The van der Waals surface area contributed by atoms with Gasteiger partial charge < -0.3 is 24.5 Å². The van der Waals surface area contributed by atoms with Crippen LogP contribution in [-0.4, -0.2) is 20.6 Å². The van der Waals surface area contributed by atoms with Crippen LogP contribution >= 0.6 is 12.2 Å². The van der Waals surface area contributed by atoms with E-state index in [0.717, 1.165) is 34.1 Å². The van der Waals surface area contributed by atoms with Gasteiger partial charge in [0.2, 0.25) is 5.91 Å². The van der Waals surface area contributed by atoms with Gasteiger partial charge in [-0.3, -0.25) is 9.78 Å². The summed E-state index contributed by atoms with van der Waals surface area (Å²) < 4.78 is 7.81. The highest BCUT2D eigenvalue weighted by molar-refractivity contribution is 7.80. The van der Waals surface area contributed by atoms with Crippen LogP contribution in [0.1, 0.15) is 48.6 Å². The lowest BCUT2D eigenvalue weighted by Crippen LogP contribution is -2.30. The van der Waals surface area contributed by atoms with Gasteiger partial charge in [0.1, 0.15) is 11.8 Å². The molecule has 8 heteroatoms. The maximum Gasteiger partial charge on any atom is 0.226 e. The smallest absolute Gasteiger partial charge is 0.226 e. The van der Waals surface area contributed by atoms with Crippen LogP contribution in [-0.2, 0) is 11.3 Å². The Balaban J connectivity index is 1.55. The number of carbonyl (C=O) groups is 1. The Hall–Kier alpha value is -3.91. The molecule has 1 amide bonds. The zero-order valence-corrected chi connectivity index (χ0v) is 21.3. The van der Waals surface area contributed by atoms with Crippen molar-refractivity contribution in [2.45, 2.75) is 39.4 Å². The first-order chi connectivity index (χ1) is 17.4. The SMILES string of the molecule is Cc1cc(N2C(=S)N[C@@H](c3ccccn3)[C@H]2c2cccn2Cc2ccco2)ccc1NC(=O)C(C)C. The van der Waals surface area contributed by atoms with E-state index in [0.29, 0.717) is 11.7 Å². The molecule has 0 unspecified atom stereocenters. The van der Waals surface area contributed by atoms with Gasteiger partial charge in [-0.25, -0.2) is 0 Å². The predicted molar refractivity (Wildman–Crippen MR) is 145 cm³/mol. The normalized spacial score (nSPS) is 17.4. The molecule has 0 radical (unpaired) electrons. The Labute approximate surface area is 216 Å². The molecule has 7 nitrogen and oxygen atoms in total. The highest BCUT2D eigenvalue weighted by atomic mass is 32.1. The van der Waals surface area contributed by atoms with E-state index in [4.69, 9.17) is 16.6 Å². The Morgan fingerprint density at radius 1 is 1.17 bits per heavy atom. The lowest BCUT2D eigenvalue weighted by molar-refractivity contribution is -0.118. The van der Waals surface area contributed by atoms with E-state index in [1.165, 1.54) is 0 Å². The summed E-state index contributed by atoms with van der Waals surface area (Å²) in [6, 6.07) is 19.7. The Kier molecular flexibility index (Phi) is 6.61. The lowest BCUT2D eigenvalue weighted by atomic mass is 10.0. The van der Waals surface area contributed by atoms with Crippen molar-refractivity contribution in [3.8, 4) is 0 Å². The number of hydrogen-bond donors (Lipinski definition) is 2. The van der Waals surface area contributed by atoms with Crippen LogP contribution in [0.4, 0.5) is 11.4 Å². The van der Waals surface area contributed by atoms with E-state index in [9.17, 15) is 4.79 Å². The summed E-state index contributed by atoms with van der Waals surface area (Å²) in [4.78, 5) is 19.1. The molecule has 0 spiro atoms. The molecule has 3 aromatic heterocycles. The molecule has 0 saturated carbocycles. The second kappa shape index (κ2) is 9.99. The van der Waals surface area contributed by atoms with Crippen molar-refractivity contribution in [2.75, 3.05) is 10.2 Å². The first-order valence-electron chi connectivity index (χ1n) is 12.0. The van der Waals surface area contributed by atoms with Gasteiger partial charge in [-0.15, -0.1) is 0 Å². The average Bonchev–Trinajstić information content (AvgIpc) is 3.61. The number of hydrogen-bond acceptors (Lipinski definition) is 4. The molecule has 1 saturated heterocycles.